The maximum atomic E-state index is 12.6. The Balaban J connectivity index is 2.42. The number of ether oxygens (including phenoxy) is 1. The molecule has 0 saturated carbocycles. The molecular formula is C12H13FO3. The van der Waals surface area contributed by atoms with Crippen molar-refractivity contribution in [1.82, 2.24) is 0 Å². The Morgan fingerprint density at radius 2 is 1.88 bits per heavy atom. The number of halogens is 1. The van der Waals surface area contributed by atoms with Gasteiger partial charge >= 0.3 is 5.97 Å². The molecular weight excluding hydrogens is 211 g/mol. The van der Waals surface area contributed by atoms with Gasteiger partial charge in [-0.15, -0.1) is 0 Å². The smallest absolute Gasteiger partial charge is 0.374 e. The molecule has 0 saturated heterocycles. The molecule has 0 aliphatic rings. The summed E-state index contributed by atoms with van der Waals surface area (Å²) in [6, 6.07) is 5.83. The minimum Gasteiger partial charge on any atom is -0.460 e. The molecule has 0 atom stereocenters. The largest absolute Gasteiger partial charge is 0.460 e. The van der Waals surface area contributed by atoms with E-state index in [9.17, 15) is 14.0 Å². The molecule has 0 aliphatic heterocycles. The van der Waals surface area contributed by atoms with Gasteiger partial charge < -0.3 is 4.74 Å². The minimum absolute atomic E-state index is 0.0878. The molecule has 0 radical (unpaired) electrons. The predicted molar refractivity (Wildman–Crippen MR) is 56.4 cm³/mol. The molecule has 86 valence electrons. The molecule has 0 unspecified atom stereocenters. The maximum absolute atomic E-state index is 12.6. The first kappa shape index (κ1) is 12.4. The van der Waals surface area contributed by atoms with E-state index in [0.29, 0.717) is 6.42 Å². The fraction of sp³-hybridized carbons (Fsp3) is 0.333. The first-order valence-corrected chi connectivity index (χ1v) is 5.08. The summed E-state index contributed by atoms with van der Waals surface area (Å²) in [5, 5.41) is 0. The van der Waals surface area contributed by atoms with Crippen LogP contribution in [-0.4, -0.2) is 18.4 Å². The number of benzene rings is 1. The Kier molecular flexibility index (Phi) is 4.64. The Morgan fingerprint density at radius 3 is 2.44 bits per heavy atom. The van der Waals surface area contributed by atoms with E-state index >= 15 is 0 Å². The quantitative estimate of drug-likeness (QED) is 0.566. The predicted octanol–water partition coefficient (Wildman–Crippen LogP) is 1.89. The first-order valence-electron chi connectivity index (χ1n) is 5.08. The van der Waals surface area contributed by atoms with E-state index in [4.69, 9.17) is 0 Å². The van der Waals surface area contributed by atoms with E-state index in [0.717, 1.165) is 5.56 Å². The van der Waals surface area contributed by atoms with Crippen LogP contribution in [0, 0.1) is 5.82 Å². The number of carbonyl (C=O) groups excluding carboxylic acids is 2. The number of esters is 1. The summed E-state index contributed by atoms with van der Waals surface area (Å²) in [4.78, 5) is 22.2. The Morgan fingerprint density at radius 1 is 1.25 bits per heavy atom. The minimum atomic E-state index is -0.801. The highest BCUT2D eigenvalue weighted by atomic mass is 19.1. The van der Waals surface area contributed by atoms with Crippen LogP contribution in [0.5, 0.6) is 0 Å². The molecule has 0 spiro atoms. The lowest BCUT2D eigenvalue weighted by atomic mass is 10.1. The van der Waals surface area contributed by atoms with Gasteiger partial charge in [-0.25, -0.2) is 9.18 Å². The van der Waals surface area contributed by atoms with E-state index in [1.165, 1.54) is 12.1 Å². The van der Waals surface area contributed by atoms with E-state index in [-0.39, 0.29) is 18.8 Å². The summed E-state index contributed by atoms with van der Waals surface area (Å²) in [6.45, 7) is 1.84. The van der Waals surface area contributed by atoms with Crippen molar-refractivity contribution in [3.63, 3.8) is 0 Å². The molecule has 0 aromatic heterocycles. The standard InChI is InChI=1S/C12H13FO3/c1-2-16-12(15)11(14)8-5-9-3-6-10(13)7-4-9/h3-4,6-7H,2,5,8H2,1H3. The summed E-state index contributed by atoms with van der Waals surface area (Å²) >= 11 is 0. The van der Waals surface area contributed by atoms with E-state index in [2.05, 4.69) is 4.74 Å². The average molecular weight is 224 g/mol. The molecule has 0 amide bonds. The summed E-state index contributed by atoms with van der Waals surface area (Å²) < 4.78 is 17.1. The zero-order valence-electron chi connectivity index (χ0n) is 9.03. The molecule has 0 fully saturated rings. The molecule has 0 heterocycles. The number of hydrogen-bond acceptors (Lipinski definition) is 3. The molecule has 1 aromatic carbocycles. The van der Waals surface area contributed by atoms with Gasteiger partial charge in [0.2, 0.25) is 5.78 Å². The number of ketones is 1. The molecule has 4 heteroatoms. The lowest BCUT2D eigenvalue weighted by Gasteiger charge is -2.01. The van der Waals surface area contributed by atoms with Crippen molar-refractivity contribution in [2.24, 2.45) is 0 Å². The van der Waals surface area contributed by atoms with Crippen molar-refractivity contribution in [1.29, 1.82) is 0 Å². The van der Waals surface area contributed by atoms with Crippen molar-refractivity contribution in [2.75, 3.05) is 6.61 Å². The van der Waals surface area contributed by atoms with E-state index < -0.39 is 11.8 Å². The molecule has 1 rings (SSSR count). The van der Waals surface area contributed by atoms with Crippen molar-refractivity contribution in [3.8, 4) is 0 Å². The van der Waals surface area contributed by atoms with Crippen LogP contribution in [0.1, 0.15) is 18.9 Å². The fourth-order valence-electron chi connectivity index (χ4n) is 1.22. The lowest BCUT2D eigenvalue weighted by molar-refractivity contribution is -0.153. The Bertz CT molecular complexity index is 370. The van der Waals surface area contributed by atoms with Gasteiger partial charge in [-0.2, -0.15) is 0 Å². The fourth-order valence-corrected chi connectivity index (χ4v) is 1.22. The van der Waals surface area contributed by atoms with Crippen molar-refractivity contribution >= 4 is 11.8 Å². The van der Waals surface area contributed by atoms with Crippen LogP contribution in [0.25, 0.3) is 0 Å². The Hall–Kier alpha value is -1.71. The van der Waals surface area contributed by atoms with Gasteiger partial charge in [0.15, 0.2) is 0 Å². The number of carbonyl (C=O) groups is 2. The second kappa shape index (κ2) is 6.00. The summed E-state index contributed by atoms with van der Waals surface area (Å²) in [5.74, 6) is -1.67. The van der Waals surface area contributed by atoms with Gasteiger partial charge in [0.1, 0.15) is 5.82 Å². The van der Waals surface area contributed by atoms with Crippen LogP contribution in [0.3, 0.4) is 0 Å². The molecule has 0 aliphatic carbocycles. The van der Waals surface area contributed by atoms with Gasteiger partial charge in [0, 0.05) is 6.42 Å². The maximum Gasteiger partial charge on any atom is 0.374 e. The summed E-state index contributed by atoms with van der Waals surface area (Å²) in [5.41, 5.74) is 0.819. The van der Waals surface area contributed by atoms with Crippen LogP contribution >= 0.6 is 0 Å². The van der Waals surface area contributed by atoms with Gasteiger partial charge in [0.05, 0.1) is 6.61 Å². The van der Waals surface area contributed by atoms with Gasteiger partial charge in [0.25, 0.3) is 0 Å². The third-order valence-electron chi connectivity index (χ3n) is 2.06. The zero-order chi connectivity index (χ0) is 12.0. The third kappa shape index (κ3) is 3.81. The van der Waals surface area contributed by atoms with Gasteiger partial charge in [-0.1, -0.05) is 12.1 Å². The van der Waals surface area contributed by atoms with Crippen LogP contribution in [-0.2, 0) is 20.7 Å². The molecule has 0 bridgehead atoms. The van der Waals surface area contributed by atoms with Crippen LogP contribution in [0.4, 0.5) is 4.39 Å². The van der Waals surface area contributed by atoms with Gasteiger partial charge in [-0.3, -0.25) is 4.79 Å². The first-order chi connectivity index (χ1) is 7.63. The highest BCUT2D eigenvalue weighted by molar-refractivity contribution is 6.33. The van der Waals surface area contributed by atoms with Crippen molar-refractivity contribution in [3.05, 3.63) is 35.6 Å². The molecule has 1 aromatic rings. The number of Topliss-reactive ketones (excluding diaryl/α,β-unsaturated/α-hetero) is 1. The van der Waals surface area contributed by atoms with E-state index in [1.807, 2.05) is 0 Å². The third-order valence-corrected chi connectivity index (χ3v) is 2.06. The zero-order valence-corrected chi connectivity index (χ0v) is 9.03. The topological polar surface area (TPSA) is 43.4 Å². The molecule has 0 N–H and O–H groups in total. The highest BCUT2D eigenvalue weighted by Gasteiger charge is 2.14. The summed E-state index contributed by atoms with van der Waals surface area (Å²) in [6.07, 6.45) is 0.502. The van der Waals surface area contributed by atoms with E-state index in [1.54, 1.807) is 19.1 Å². The van der Waals surface area contributed by atoms with Gasteiger partial charge in [-0.05, 0) is 31.0 Å². The van der Waals surface area contributed by atoms with Crippen molar-refractivity contribution < 1.29 is 18.7 Å². The second-order valence-electron chi connectivity index (χ2n) is 3.27. The van der Waals surface area contributed by atoms with Crippen LogP contribution in [0.15, 0.2) is 24.3 Å². The van der Waals surface area contributed by atoms with Crippen LogP contribution < -0.4 is 0 Å². The monoisotopic (exact) mass is 224 g/mol. The number of rotatable bonds is 5. The van der Waals surface area contributed by atoms with Crippen molar-refractivity contribution in [2.45, 2.75) is 19.8 Å². The summed E-state index contributed by atoms with van der Waals surface area (Å²) in [7, 11) is 0. The average Bonchev–Trinajstić information content (AvgIpc) is 2.28. The second-order valence-corrected chi connectivity index (χ2v) is 3.27. The Labute approximate surface area is 93.2 Å². The van der Waals surface area contributed by atoms with Crippen LogP contribution in [0.2, 0.25) is 0 Å². The molecule has 3 nitrogen and oxygen atoms in total. The lowest BCUT2D eigenvalue weighted by Crippen LogP contribution is -2.17. The number of hydrogen-bond donors (Lipinski definition) is 0. The normalized spacial score (nSPS) is 9.88. The highest BCUT2D eigenvalue weighted by Crippen LogP contribution is 2.06. The SMILES string of the molecule is CCOC(=O)C(=O)CCc1ccc(F)cc1. The molecule has 16 heavy (non-hydrogen) atoms. The number of aryl methyl sites for hydroxylation is 1.